The van der Waals surface area contributed by atoms with Crippen LogP contribution in [0.3, 0.4) is 0 Å². The first kappa shape index (κ1) is 31.8. The van der Waals surface area contributed by atoms with Crippen LogP contribution in [0.1, 0.15) is 49.9 Å². The van der Waals surface area contributed by atoms with Crippen LogP contribution in [0.4, 0.5) is 0 Å². The van der Waals surface area contributed by atoms with Gasteiger partial charge in [0.25, 0.3) is 0 Å². The van der Waals surface area contributed by atoms with E-state index in [2.05, 4.69) is 119 Å². The smallest absolute Gasteiger partial charge is 0.206 e. The Labute approximate surface area is 277 Å². The molecule has 0 aromatic heterocycles. The Balaban J connectivity index is 1.12. The van der Waals surface area contributed by atoms with Gasteiger partial charge in [-0.05, 0) is 94.0 Å². The monoisotopic (exact) mass is 638 g/mol. The number of phenolic OH excluding ortho intramolecular Hbond substituents is 1. The second-order valence-corrected chi connectivity index (χ2v) is 14.8. The maximum Gasteiger partial charge on any atom is 0.206 e. The maximum atomic E-state index is 12.9. The van der Waals surface area contributed by atoms with Crippen LogP contribution in [0, 0.1) is 0 Å². The van der Waals surface area contributed by atoms with Gasteiger partial charge >= 0.3 is 0 Å². The van der Waals surface area contributed by atoms with Gasteiger partial charge in [-0.2, -0.15) is 0 Å². The summed E-state index contributed by atoms with van der Waals surface area (Å²) in [5.41, 5.74) is 7.01. The number of hydrogen-bond acceptors (Lipinski definition) is 4. The molecule has 0 heterocycles. The number of aromatic hydroxyl groups is 1. The molecule has 0 fully saturated rings. The third kappa shape index (κ3) is 6.58. The summed E-state index contributed by atoms with van der Waals surface area (Å²) in [5.74, 6) is 1.21. The van der Waals surface area contributed by atoms with Crippen molar-refractivity contribution in [3.05, 3.63) is 174 Å². The molecule has 0 aliphatic rings. The molecule has 0 saturated carbocycles. The fraction of sp³-hybridized carbons (Fsp3) is 0.143. The van der Waals surface area contributed by atoms with Crippen molar-refractivity contribution in [2.45, 2.75) is 48.3 Å². The van der Waals surface area contributed by atoms with Crippen LogP contribution in [0.25, 0.3) is 11.1 Å². The molecule has 0 bridgehead atoms. The molecule has 47 heavy (non-hydrogen) atoms. The van der Waals surface area contributed by atoms with E-state index in [1.165, 1.54) is 64.2 Å². The number of sulfone groups is 1. The highest BCUT2D eigenvalue weighted by molar-refractivity contribution is 7.91. The lowest BCUT2D eigenvalue weighted by Crippen LogP contribution is -2.18. The molecule has 0 aliphatic heterocycles. The van der Waals surface area contributed by atoms with E-state index < -0.39 is 9.84 Å². The molecule has 0 unspecified atom stereocenters. The molecule has 6 aromatic rings. The summed E-state index contributed by atoms with van der Waals surface area (Å²) < 4.78 is 31.9. The molecule has 0 radical (unpaired) electrons. The zero-order valence-corrected chi connectivity index (χ0v) is 27.8. The predicted octanol–water partition coefficient (Wildman–Crippen LogP) is 10.3. The van der Waals surface area contributed by atoms with Crippen LogP contribution in [0.5, 0.6) is 17.2 Å². The van der Waals surface area contributed by atoms with E-state index in [9.17, 15) is 13.5 Å². The largest absolute Gasteiger partial charge is 0.508 e. The lowest BCUT2D eigenvalue weighted by atomic mass is 9.77. The highest BCUT2D eigenvalue weighted by atomic mass is 32.2. The molecule has 0 spiro atoms. The summed E-state index contributed by atoms with van der Waals surface area (Å²) in [5, 5.41) is 9.48. The lowest BCUT2D eigenvalue weighted by Gasteiger charge is -2.27. The van der Waals surface area contributed by atoms with Crippen molar-refractivity contribution in [3.8, 4) is 28.4 Å². The second-order valence-electron chi connectivity index (χ2n) is 12.9. The van der Waals surface area contributed by atoms with E-state index in [1.807, 2.05) is 12.1 Å². The molecular formula is C42H38O4S. The summed E-state index contributed by atoms with van der Waals surface area (Å²) >= 11 is 0. The van der Waals surface area contributed by atoms with Crippen molar-refractivity contribution in [1.82, 2.24) is 0 Å². The first-order valence-corrected chi connectivity index (χ1v) is 17.1. The summed E-state index contributed by atoms with van der Waals surface area (Å²) in [6, 6.07) is 48.1. The molecule has 236 valence electrons. The van der Waals surface area contributed by atoms with Crippen LogP contribution in [0.15, 0.2) is 161 Å². The van der Waals surface area contributed by atoms with Crippen molar-refractivity contribution < 1.29 is 18.3 Å². The molecule has 1 N–H and O–H groups in total. The average molecular weight is 639 g/mol. The van der Waals surface area contributed by atoms with Crippen LogP contribution in [0.2, 0.25) is 0 Å². The Kier molecular flexibility index (Phi) is 8.52. The molecule has 0 saturated heterocycles. The minimum Gasteiger partial charge on any atom is -0.508 e. The van der Waals surface area contributed by atoms with Crippen LogP contribution >= 0.6 is 0 Å². The van der Waals surface area contributed by atoms with Gasteiger partial charge in [-0.25, -0.2) is 8.42 Å². The summed E-state index contributed by atoms with van der Waals surface area (Å²) in [7, 11) is -3.70. The summed E-state index contributed by atoms with van der Waals surface area (Å²) in [6.07, 6.45) is 0. The number of rotatable bonds is 9. The van der Waals surface area contributed by atoms with Crippen molar-refractivity contribution in [1.29, 1.82) is 0 Å². The van der Waals surface area contributed by atoms with Gasteiger partial charge in [0.15, 0.2) is 0 Å². The van der Waals surface area contributed by atoms with Gasteiger partial charge in [-0.3, -0.25) is 0 Å². The van der Waals surface area contributed by atoms with E-state index >= 15 is 0 Å². The Hall–Kier alpha value is -5.13. The van der Waals surface area contributed by atoms with E-state index in [1.54, 1.807) is 12.1 Å². The molecule has 0 amide bonds. The minimum atomic E-state index is -3.70. The van der Waals surface area contributed by atoms with Gasteiger partial charge in [0.2, 0.25) is 9.84 Å². The van der Waals surface area contributed by atoms with Crippen LogP contribution in [-0.2, 0) is 20.7 Å². The number of hydrogen-bond donors (Lipinski definition) is 1. The fourth-order valence-corrected chi connectivity index (χ4v) is 7.13. The molecule has 5 heteroatoms. The fourth-order valence-electron chi connectivity index (χ4n) is 5.87. The van der Waals surface area contributed by atoms with E-state index in [4.69, 9.17) is 4.74 Å². The second kappa shape index (κ2) is 12.6. The molecule has 4 nitrogen and oxygen atoms in total. The highest BCUT2D eigenvalue weighted by Gasteiger charge is 2.25. The Morgan fingerprint density at radius 3 is 1.21 bits per heavy atom. The predicted molar refractivity (Wildman–Crippen MR) is 189 cm³/mol. The zero-order chi connectivity index (χ0) is 33.2. The van der Waals surface area contributed by atoms with Crippen LogP contribution in [-0.4, -0.2) is 13.5 Å². The third-order valence-electron chi connectivity index (χ3n) is 9.13. The number of benzene rings is 6. The molecule has 0 aliphatic carbocycles. The van der Waals surface area contributed by atoms with E-state index in [0.29, 0.717) is 11.5 Å². The Morgan fingerprint density at radius 1 is 0.447 bits per heavy atom. The maximum absolute atomic E-state index is 12.9. The topological polar surface area (TPSA) is 63.6 Å². The van der Waals surface area contributed by atoms with Gasteiger partial charge in [-0.15, -0.1) is 0 Å². The van der Waals surface area contributed by atoms with Gasteiger partial charge in [0.05, 0.1) is 9.79 Å². The Morgan fingerprint density at radius 2 is 0.787 bits per heavy atom. The SMILES string of the molecule is CC(C)(c1ccccc1)c1ccc(-c2ccc(C(C)(C)c3ccc(Oc4ccc(S(=O)(=O)c5ccc(O)cc5)cc4)cc3)cc2)cc1. The highest BCUT2D eigenvalue weighted by Crippen LogP contribution is 2.36. The normalized spacial score (nSPS) is 12.1. The minimum absolute atomic E-state index is 0.0147. The van der Waals surface area contributed by atoms with E-state index in [0.717, 1.165) is 5.56 Å². The van der Waals surface area contributed by atoms with Gasteiger partial charge in [0.1, 0.15) is 17.2 Å². The molecule has 6 rings (SSSR count). The molecule has 6 aromatic carbocycles. The van der Waals surface area contributed by atoms with Crippen molar-refractivity contribution in [3.63, 3.8) is 0 Å². The first-order chi connectivity index (χ1) is 22.4. The van der Waals surface area contributed by atoms with Gasteiger partial charge in [0, 0.05) is 10.8 Å². The quantitative estimate of drug-likeness (QED) is 0.171. The van der Waals surface area contributed by atoms with Crippen molar-refractivity contribution in [2.24, 2.45) is 0 Å². The summed E-state index contributed by atoms with van der Waals surface area (Å²) in [4.78, 5) is 0.275. The van der Waals surface area contributed by atoms with Crippen molar-refractivity contribution in [2.75, 3.05) is 0 Å². The zero-order valence-electron chi connectivity index (χ0n) is 27.0. The molecule has 0 atom stereocenters. The number of ether oxygens (including phenoxy) is 1. The van der Waals surface area contributed by atoms with Gasteiger partial charge < -0.3 is 9.84 Å². The average Bonchev–Trinajstić information content (AvgIpc) is 3.09. The third-order valence-corrected chi connectivity index (χ3v) is 10.9. The Bertz CT molecular complexity index is 2060. The van der Waals surface area contributed by atoms with Crippen molar-refractivity contribution >= 4 is 9.84 Å². The lowest BCUT2D eigenvalue weighted by molar-refractivity contribution is 0.475. The molecular weight excluding hydrogens is 601 g/mol. The van der Waals surface area contributed by atoms with Crippen LogP contribution < -0.4 is 4.74 Å². The summed E-state index contributed by atoms with van der Waals surface area (Å²) in [6.45, 7) is 8.96. The number of phenols is 1. The van der Waals surface area contributed by atoms with Gasteiger partial charge in [-0.1, -0.05) is 119 Å². The standard InChI is InChI=1S/C42H38O4S/c1-41(2,32-8-6-5-7-9-32)33-14-10-30(11-15-33)31-12-16-34(17-13-31)42(3,4)35-18-22-37(23-19-35)46-38-24-28-40(29-25-38)47(44,45)39-26-20-36(43)21-27-39/h5-29,43H,1-4H3. The first-order valence-electron chi connectivity index (χ1n) is 15.6. The van der Waals surface area contributed by atoms with E-state index in [-0.39, 0.29) is 26.4 Å².